The van der Waals surface area contributed by atoms with Gasteiger partial charge in [0.1, 0.15) is 0 Å². The molecule has 0 bridgehead atoms. The number of hydrogen-bond donors (Lipinski definition) is 0. The van der Waals surface area contributed by atoms with Crippen LogP contribution >= 0.6 is 0 Å². The Labute approximate surface area is 91.4 Å². The average Bonchev–Trinajstić information content (AvgIpc) is 2.17. The van der Waals surface area contributed by atoms with Crippen molar-refractivity contribution in [1.29, 1.82) is 0 Å². The first-order chi connectivity index (χ1) is 7.00. The van der Waals surface area contributed by atoms with Crippen LogP contribution in [0.25, 0.3) is 0 Å². The summed E-state index contributed by atoms with van der Waals surface area (Å²) in [7, 11) is -4.34. The van der Waals surface area contributed by atoms with Gasteiger partial charge in [0, 0.05) is 12.3 Å². The molecule has 1 aliphatic rings. The fraction of sp³-hybridized carbons (Fsp3) is 0.333. The molecule has 0 saturated carbocycles. The van der Waals surface area contributed by atoms with E-state index in [4.69, 9.17) is 0 Å². The zero-order valence-corrected chi connectivity index (χ0v) is 9.85. The smallest absolute Gasteiger partial charge is 0.232 e. The summed E-state index contributed by atoms with van der Waals surface area (Å²) < 4.78 is 35.9. The van der Waals surface area contributed by atoms with Crippen molar-refractivity contribution < 1.29 is 12.6 Å². The zero-order chi connectivity index (χ0) is 11.1. The Morgan fingerprint density at radius 1 is 1.33 bits per heavy atom. The highest BCUT2D eigenvalue weighted by atomic mass is 32.2. The predicted octanol–water partition coefficient (Wildman–Crippen LogP) is 0.574. The van der Waals surface area contributed by atoms with Gasteiger partial charge < -0.3 is 0 Å². The molecule has 0 radical (unpaired) electrons. The van der Waals surface area contributed by atoms with E-state index in [1.807, 2.05) is 0 Å². The molecule has 1 aromatic carbocycles. The van der Waals surface area contributed by atoms with E-state index in [2.05, 4.69) is 0 Å². The molecule has 0 aromatic heterocycles. The Morgan fingerprint density at radius 2 is 2.00 bits per heavy atom. The van der Waals surface area contributed by atoms with E-state index < -0.39 is 20.8 Å². The first-order valence-corrected chi connectivity index (χ1v) is 7.62. The first-order valence-electron chi connectivity index (χ1n) is 4.45. The number of nitrogens with zero attached hydrogens (tertiary/aromatic N) is 1. The number of benzene rings is 1. The molecule has 1 atom stereocenters. The largest absolute Gasteiger partial charge is 0.268 e. The van der Waals surface area contributed by atoms with Crippen molar-refractivity contribution in [2.45, 2.75) is 4.90 Å². The lowest BCUT2D eigenvalue weighted by Crippen LogP contribution is -2.37. The molecule has 0 N–H and O–H groups in total. The Bertz CT molecular complexity index is 510. The maximum absolute atomic E-state index is 11.6. The molecular formula is C9H11NO3S2. The summed E-state index contributed by atoms with van der Waals surface area (Å²) in [5.74, 6) is 0.365. The van der Waals surface area contributed by atoms with Gasteiger partial charge in [0.25, 0.3) is 0 Å². The standard InChI is InChI=1S/C9H11NO3S2/c1-15(12,13)10-6-7-14(11)9-5-3-2-4-8(9)10/h2-5H,6-7H2,1H3. The summed E-state index contributed by atoms with van der Waals surface area (Å²) >= 11 is 0. The van der Waals surface area contributed by atoms with Crippen LogP contribution in [0.5, 0.6) is 0 Å². The average molecular weight is 245 g/mol. The van der Waals surface area contributed by atoms with Gasteiger partial charge in [-0.3, -0.25) is 8.51 Å². The second-order valence-electron chi connectivity index (χ2n) is 3.35. The number of para-hydroxylation sites is 1. The molecule has 0 fully saturated rings. The molecule has 1 aromatic rings. The molecule has 1 heterocycles. The minimum atomic E-state index is -3.26. The van der Waals surface area contributed by atoms with Crippen molar-refractivity contribution >= 4 is 26.5 Å². The Balaban J connectivity index is 2.59. The molecule has 4 nitrogen and oxygen atoms in total. The van der Waals surface area contributed by atoms with Crippen LogP contribution in [0.15, 0.2) is 29.2 Å². The molecule has 6 heteroatoms. The van der Waals surface area contributed by atoms with Crippen LogP contribution in [0.3, 0.4) is 0 Å². The Hall–Kier alpha value is -0.880. The van der Waals surface area contributed by atoms with Crippen LogP contribution < -0.4 is 4.31 Å². The lowest BCUT2D eigenvalue weighted by Gasteiger charge is -2.28. The van der Waals surface area contributed by atoms with E-state index in [0.29, 0.717) is 22.9 Å². The summed E-state index contributed by atoms with van der Waals surface area (Å²) in [6, 6.07) is 6.91. The number of hydrogen-bond acceptors (Lipinski definition) is 3. The molecule has 0 spiro atoms. The van der Waals surface area contributed by atoms with E-state index in [1.165, 1.54) is 4.31 Å². The van der Waals surface area contributed by atoms with Gasteiger partial charge in [-0.05, 0) is 12.1 Å². The molecule has 0 aliphatic carbocycles. The van der Waals surface area contributed by atoms with E-state index in [-0.39, 0.29) is 0 Å². The molecule has 1 aliphatic heterocycles. The lowest BCUT2D eigenvalue weighted by molar-refractivity contribution is 0.597. The van der Waals surface area contributed by atoms with E-state index in [9.17, 15) is 12.6 Å². The second-order valence-corrected chi connectivity index (χ2v) is 6.80. The number of rotatable bonds is 1. The third kappa shape index (κ3) is 1.91. The quantitative estimate of drug-likeness (QED) is 0.727. The van der Waals surface area contributed by atoms with Crippen molar-refractivity contribution in [3.63, 3.8) is 0 Å². The molecule has 0 amide bonds. The summed E-state index contributed by atoms with van der Waals surface area (Å²) in [6.07, 6.45) is 1.16. The minimum Gasteiger partial charge on any atom is -0.268 e. The monoisotopic (exact) mass is 245 g/mol. The molecular weight excluding hydrogens is 234 g/mol. The Morgan fingerprint density at radius 3 is 2.67 bits per heavy atom. The third-order valence-corrected chi connectivity index (χ3v) is 4.83. The van der Waals surface area contributed by atoms with Crippen LogP contribution in [0.1, 0.15) is 0 Å². The SMILES string of the molecule is CS(=O)(=O)N1CCS(=O)c2ccccc21. The molecule has 2 rings (SSSR count). The van der Waals surface area contributed by atoms with Crippen molar-refractivity contribution in [3.8, 4) is 0 Å². The highest BCUT2D eigenvalue weighted by molar-refractivity contribution is 7.92. The van der Waals surface area contributed by atoms with Crippen molar-refractivity contribution in [3.05, 3.63) is 24.3 Å². The maximum atomic E-state index is 11.6. The summed E-state index contributed by atoms with van der Waals surface area (Å²) in [5.41, 5.74) is 0.546. The van der Waals surface area contributed by atoms with Gasteiger partial charge in [0.15, 0.2) is 0 Å². The van der Waals surface area contributed by atoms with Gasteiger partial charge in [-0.1, -0.05) is 12.1 Å². The molecule has 15 heavy (non-hydrogen) atoms. The van der Waals surface area contributed by atoms with Crippen molar-refractivity contribution in [2.24, 2.45) is 0 Å². The van der Waals surface area contributed by atoms with E-state index in [0.717, 1.165) is 6.26 Å². The fourth-order valence-electron chi connectivity index (χ4n) is 1.60. The summed E-state index contributed by atoms with van der Waals surface area (Å²) in [5, 5.41) is 0. The van der Waals surface area contributed by atoms with Crippen LogP contribution in [0.4, 0.5) is 5.69 Å². The number of fused-ring (bicyclic) bond motifs is 1. The molecule has 0 saturated heterocycles. The predicted molar refractivity (Wildman–Crippen MR) is 59.9 cm³/mol. The normalized spacial score (nSPS) is 21.1. The van der Waals surface area contributed by atoms with Crippen LogP contribution in [0, 0.1) is 0 Å². The maximum Gasteiger partial charge on any atom is 0.232 e. The van der Waals surface area contributed by atoms with E-state index >= 15 is 0 Å². The fourth-order valence-corrected chi connectivity index (χ4v) is 3.92. The van der Waals surface area contributed by atoms with Gasteiger partial charge in [0.05, 0.1) is 27.6 Å². The van der Waals surface area contributed by atoms with Crippen molar-refractivity contribution in [1.82, 2.24) is 0 Å². The van der Waals surface area contributed by atoms with Crippen LogP contribution in [-0.2, 0) is 20.8 Å². The number of sulfonamides is 1. The van der Waals surface area contributed by atoms with Gasteiger partial charge in [-0.2, -0.15) is 0 Å². The van der Waals surface area contributed by atoms with Crippen LogP contribution in [0.2, 0.25) is 0 Å². The molecule has 1 unspecified atom stereocenters. The zero-order valence-electron chi connectivity index (χ0n) is 8.21. The van der Waals surface area contributed by atoms with Gasteiger partial charge >= 0.3 is 0 Å². The Kier molecular flexibility index (Phi) is 2.56. The lowest BCUT2D eigenvalue weighted by atomic mass is 10.3. The number of anilines is 1. The van der Waals surface area contributed by atoms with Crippen LogP contribution in [-0.4, -0.2) is 31.2 Å². The summed E-state index contributed by atoms with van der Waals surface area (Å²) in [4.78, 5) is 0.606. The van der Waals surface area contributed by atoms with E-state index in [1.54, 1.807) is 24.3 Å². The van der Waals surface area contributed by atoms with Gasteiger partial charge in [0.2, 0.25) is 10.0 Å². The van der Waals surface area contributed by atoms with Gasteiger partial charge in [-0.15, -0.1) is 0 Å². The summed E-state index contributed by atoms with van der Waals surface area (Å²) in [6.45, 7) is 0.294. The van der Waals surface area contributed by atoms with Crippen molar-refractivity contribution in [2.75, 3.05) is 22.9 Å². The highest BCUT2D eigenvalue weighted by Gasteiger charge is 2.27. The topological polar surface area (TPSA) is 54.5 Å². The second kappa shape index (κ2) is 3.61. The molecule has 82 valence electrons. The first kappa shape index (κ1) is 10.6. The minimum absolute atomic E-state index is 0.294. The highest BCUT2D eigenvalue weighted by Crippen LogP contribution is 2.29. The van der Waals surface area contributed by atoms with Gasteiger partial charge in [-0.25, -0.2) is 8.42 Å². The third-order valence-electron chi connectivity index (χ3n) is 2.26.